The maximum atomic E-state index is 13.0. The minimum atomic E-state index is -0.808. The molecule has 0 aromatic rings. The fraction of sp³-hybridized carbons (Fsp3) is 0.623. The van der Waals surface area contributed by atoms with Gasteiger partial charge in [0.15, 0.2) is 6.10 Å². The lowest BCUT2D eigenvalue weighted by Gasteiger charge is -2.18. The van der Waals surface area contributed by atoms with Crippen LogP contribution < -0.4 is 0 Å². The third-order valence-corrected chi connectivity index (χ3v) is 14.0. The van der Waals surface area contributed by atoms with E-state index in [1.165, 1.54) is 77.0 Å². The van der Waals surface area contributed by atoms with E-state index < -0.39 is 6.10 Å². The van der Waals surface area contributed by atoms with Crippen LogP contribution in [0.1, 0.15) is 290 Å². The molecule has 1 unspecified atom stereocenters. The summed E-state index contributed by atoms with van der Waals surface area (Å²) in [5, 5.41) is 0. The molecule has 6 nitrogen and oxygen atoms in total. The fourth-order valence-electron chi connectivity index (χ4n) is 8.97. The summed E-state index contributed by atoms with van der Waals surface area (Å²) >= 11 is 0. The van der Waals surface area contributed by atoms with E-state index in [0.717, 1.165) is 173 Å². The molecule has 468 valence electrons. The zero-order chi connectivity index (χ0) is 59.9. The van der Waals surface area contributed by atoms with Crippen molar-refractivity contribution in [2.75, 3.05) is 13.2 Å². The first-order valence-electron chi connectivity index (χ1n) is 34.0. The van der Waals surface area contributed by atoms with E-state index in [1.54, 1.807) is 0 Å². The summed E-state index contributed by atoms with van der Waals surface area (Å²) in [6, 6.07) is 0. The summed E-state index contributed by atoms with van der Waals surface area (Å²) < 4.78 is 16.9. The molecule has 0 aliphatic rings. The van der Waals surface area contributed by atoms with Gasteiger partial charge in [0.1, 0.15) is 13.2 Å². The average Bonchev–Trinajstić information content (AvgIpc) is 3.50. The second-order valence-electron chi connectivity index (χ2n) is 22.0. The topological polar surface area (TPSA) is 78.9 Å². The van der Waals surface area contributed by atoms with Gasteiger partial charge in [-0.25, -0.2) is 0 Å². The van der Waals surface area contributed by atoms with Crippen LogP contribution in [0.2, 0.25) is 0 Å². The molecule has 0 saturated carbocycles. The molecule has 0 aliphatic carbocycles. The zero-order valence-corrected chi connectivity index (χ0v) is 53.7. The van der Waals surface area contributed by atoms with Crippen LogP contribution >= 0.6 is 0 Å². The molecule has 0 amide bonds. The summed E-state index contributed by atoms with van der Waals surface area (Å²) in [7, 11) is 0. The highest BCUT2D eigenvalue weighted by molar-refractivity contribution is 5.71. The summed E-state index contributed by atoms with van der Waals surface area (Å²) in [5.74, 6) is -0.941. The van der Waals surface area contributed by atoms with E-state index in [0.29, 0.717) is 19.3 Å². The van der Waals surface area contributed by atoms with Crippen molar-refractivity contribution in [1.29, 1.82) is 0 Å². The van der Waals surface area contributed by atoms with Crippen LogP contribution in [0.15, 0.2) is 158 Å². The third kappa shape index (κ3) is 67.7. The number of unbranched alkanes of at least 4 members (excludes halogenated alkanes) is 23. The lowest BCUT2D eigenvalue weighted by molar-refractivity contribution is -0.167. The number of carbonyl (C=O) groups is 3. The van der Waals surface area contributed by atoms with E-state index in [1.807, 2.05) is 0 Å². The van der Waals surface area contributed by atoms with Crippen molar-refractivity contribution in [3.05, 3.63) is 158 Å². The van der Waals surface area contributed by atoms with Crippen LogP contribution in [0, 0.1) is 0 Å². The number of carbonyl (C=O) groups excluding carboxylic acids is 3. The smallest absolute Gasteiger partial charge is 0.306 e. The summed E-state index contributed by atoms with van der Waals surface area (Å²) in [6.45, 7) is 6.38. The molecule has 0 aromatic heterocycles. The summed E-state index contributed by atoms with van der Waals surface area (Å²) in [4.78, 5) is 38.5. The maximum Gasteiger partial charge on any atom is 0.306 e. The van der Waals surface area contributed by atoms with Gasteiger partial charge in [0.05, 0.1) is 0 Å². The zero-order valence-electron chi connectivity index (χ0n) is 53.7. The second-order valence-corrected chi connectivity index (χ2v) is 22.0. The lowest BCUT2D eigenvalue weighted by atomic mass is 10.1. The van der Waals surface area contributed by atoms with Gasteiger partial charge >= 0.3 is 17.9 Å². The Bertz CT molecular complexity index is 1840. The minimum Gasteiger partial charge on any atom is -0.462 e. The first-order valence-corrected chi connectivity index (χ1v) is 34.0. The highest BCUT2D eigenvalue weighted by Gasteiger charge is 2.19. The quantitative estimate of drug-likeness (QED) is 0.0261. The van der Waals surface area contributed by atoms with Crippen molar-refractivity contribution in [2.45, 2.75) is 297 Å². The number of hydrogen-bond acceptors (Lipinski definition) is 6. The van der Waals surface area contributed by atoms with Crippen LogP contribution in [-0.4, -0.2) is 37.2 Å². The molecule has 0 radical (unpaired) electrons. The molecule has 6 heteroatoms. The Hall–Kier alpha value is -4.97. The highest BCUT2D eigenvalue weighted by Crippen LogP contribution is 2.15. The molecule has 0 N–H and O–H groups in total. The van der Waals surface area contributed by atoms with Gasteiger partial charge < -0.3 is 14.2 Å². The van der Waals surface area contributed by atoms with Crippen LogP contribution in [0.4, 0.5) is 0 Å². The van der Waals surface area contributed by atoms with Crippen molar-refractivity contribution in [2.24, 2.45) is 0 Å². The molecule has 1 atom stereocenters. The van der Waals surface area contributed by atoms with E-state index >= 15 is 0 Å². The van der Waals surface area contributed by atoms with Crippen LogP contribution in [0.3, 0.4) is 0 Å². The van der Waals surface area contributed by atoms with Crippen molar-refractivity contribution in [3.63, 3.8) is 0 Å². The number of allylic oxidation sites excluding steroid dienone is 26. The fourth-order valence-corrected chi connectivity index (χ4v) is 8.97. The Morgan fingerprint density at radius 2 is 0.470 bits per heavy atom. The molecule has 0 spiro atoms. The van der Waals surface area contributed by atoms with E-state index in [2.05, 4.69) is 179 Å². The number of ether oxygens (including phenoxy) is 3. The second kappa shape index (κ2) is 69.5. The molecular formula is C77H124O6. The molecule has 0 saturated heterocycles. The van der Waals surface area contributed by atoms with Crippen molar-refractivity contribution >= 4 is 17.9 Å². The molecule has 83 heavy (non-hydrogen) atoms. The van der Waals surface area contributed by atoms with E-state index in [-0.39, 0.29) is 31.1 Å². The predicted molar refractivity (Wildman–Crippen MR) is 362 cm³/mol. The number of hydrogen-bond donors (Lipinski definition) is 0. The van der Waals surface area contributed by atoms with Gasteiger partial charge in [0.25, 0.3) is 0 Å². The standard InChI is InChI=1S/C77H124O6/c1-4-7-10-13-16-19-22-25-28-31-34-36-37-38-39-41-43-46-49-52-55-58-61-64-67-70-76(79)82-73-74(72-81-75(78)69-66-63-60-57-54-51-48-45-42-33-30-27-24-21-18-15-12-9-6-3)83-77(80)71-68-65-62-59-56-53-50-47-44-40-35-32-29-26-23-20-17-14-11-8-5-2/h7,9-10,12,16,18-19,21,23,25-28,30,32,34-36,38-39,42-47,74H,4-6,8,11,13-15,17,20,22,24,29,31,33,37,40-41,48-73H2,1-3H3/b10-7-,12-9-,19-16-,21-18-,26-23-,28-25-,30-27-,35-32-,36-34-,39-38-,45-42-,46-43-,47-44-. The van der Waals surface area contributed by atoms with E-state index in [4.69, 9.17) is 14.2 Å². The Kier molecular flexibility index (Phi) is 65.4. The molecule has 0 aromatic carbocycles. The van der Waals surface area contributed by atoms with Crippen molar-refractivity contribution < 1.29 is 28.6 Å². The lowest BCUT2D eigenvalue weighted by Crippen LogP contribution is -2.30. The monoisotopic (exact) mass is 1140 g/mol. The SMILES string of the molecule is CC/C=C\C/C=C\C/C=C\C/C=C\C/C=C\C/C=C\CCCCCCCCC(=O)OCC(COC(=O)CCCCCCCC/C=C\C/C=C\C/C=C\C/C=C\CC)OC(=O)CCCCCCCC/C=C\C/C=C\C/C=C\CCCCCCC. The van der Waals surface area contributed by atoms with Gasteiger partial charge in [-0.05, 0) is 148 Å². The van der Waals surface area contributed by atoms with Gasteiger partial charge in [0, 0.05) is 19.3 Å². The van der Waals surface area contributed by atoms with Gasteiger partial charge in [-0.15, -0.1) is 0 Å². The molecule has 0 aliphatic heterocycles. The first kappa shape index (κ1) is 78.0. The summed E-state index contributed by atoms with van der Waals surface area (Å²) in [5.41, 5.74) is 0. The van der Waals surface area contributed by atoms with Gasteiger partial charge in [0.2, 0.25) is 0 Å². The first-order chi connectivity index (χ1) is 41.0. The Morgan fingerprint density at radius 3 is 0.735 bits per heavy atom. The number of rotatable bonds is 60. The van der Waals surface area contributed by atoms with Gasteiger partial charge in [-0.3, -0.25) is 14.4 Å². The van der Waals surface area contributed by atoms with Crippen LogP contribution in [-0.2, 0) is 28.6 Å². The Morgan fingerprint density at radius 1 is 0.253 bits per heavy atom. The molecular weight excluding hydrogens is 1020 g/mol. The third-order valence-electron chi connectivity index (χ3n) is 14.0. The van der Waals surface area contributed by atoms with E-state index in [9.17, 15) is 14.4 Å². The van der Waals surface area contributed by atoms with Gasteiger partial charge in [-0.1, -0.05) is 281 Å². The summed E-state index contributed by atoms with van der Waals surface area (Å²) in [6.07, 6.45) is 101. The predicted octanol–water partition coefficient (Wildman–Crippen LogP) is 23.7. The molecule has 0 heterocycles. The Labute approximate surface area is 511 Å². The van der Waals surface area contributed by atoms with Crippen molar-refractivity contribution in [3.8, 4) is 0 Å². The normalized spacial score (nSPS) is 13.1. The van der Waals surface area contributed by atoms with Crippen molar-refractivity contribution in [1.82, 2.24) is 0 Å². The highest BCUT2D eigenvalue weighted by atomic mass is 16.6. The minimum absolute atomic E-state index is 0.102. The Balaban J connectivity index is 4.50. The van der Waals surface area contributed by atoms with Crippen LogP contribution in [0.25, 0.3) is 0 Å². The average molecular weight is 1150 g/mol. The molecule has 0 fully saturated rings. The largest absolute Gasteiger partial charge is 0.462 e. The van der Waals surface area contributed by atoms with Gasteiger partial charge in [-0.2, -0.15) is 0 Å². The van der Waals surface area contributed by atoms with Crippen LogP contribution in [0.5, 0.6) is 0 Å². The maximum absolute atomic E-state index is 13.0. The molecule has 0 rings (SSSR count). The number of esters is 3. The molecule has 0 bridgehead atoms.